The van der Waals surface area contributed by atoms with Crippen molar-refractivity contribution < 1.29 is 9.59 Å². The van der Waals surface area contributed by atoms with E-state index < -0.39 is 0 Å². The Morgan fingerprint density at radius 2 is 1.96 bits per heavy atom. The lowest BCUT2D eigenvalue weighted by Crippen LogP contribution is -2.30. The lowest BCUT2D eigenvalue weighted by molar-refractivity contribution is -0.129. The van der Waals surface area contributed by atoms with E-state index in [1.165, 1.54) is 5.56 Å². The minimum Gasteiger partial charge on any atom is -0.345 e. The molecule has 2 aromatic rings. The lowest BCUT2D eigenvalue weighted by atomic mass is 9.99. The van der Waals surface area contributed by atoms with Crippen molar-refractivity contribution in [1.82, 2.24) is 9.88 Å². The molecule has 2 heterocycles. The predicted molar refractivity (Wildman–Crippen MR) is 92.7 cm³/mol. The van der Waals surface area contributed by atoms with Gasteiger partial charge in [-0.1, -0.05) is 12.1 Å². The number of fused-ring (bicyclic) bond motifs is 1. The number of nitrogens with zero attached hydrogens (tertiary/aromatic N) is 2. The molecule has 0 spiro atoms. The van der Waals surface area contributed by atoms with Gasteiger partial charge in [-0.25, -0.2) is 0 Å². The fraction of sp³-hybridized carbons (Fsp3) is 0.316. The summed E-state index contributed by atoms with van der Waals surface area (Å²) in [6, 6.07) is 9.78. The topological polar surface area (TPSA) is 62.3 Å². The summed E-state index contributed by atoms with van der Waals surface area (Å²) in [6.07, 6.45) is 5.98. The summed E-state index contributed by atoms with van der Waals surface area (Å²) >= 11 is 0. The van der Waals surface area contributed by atoms with Gasteiger partial charge in [0.05, 0.1) is 6.42 Å². The summed E-state index contributed by atoms with van der Waals surface area (Å²) in [6.45, 7) is 0.684. The summed E-state index contributed by atoms with van der Waals surface area (Å²) in [5, 5.41) is 2.86. The van der Waals surface area contributed by atoms with Crippen LogP contribution >= 0.6 is 0 Å². The highest BCUT2D eigenvalue weighted by Crippen LogP contribution is 2.23. The van der Waals surface area contributed by atoms with Crippen molar-refractivity contribution in [2.75, 3.05) is 18.9 Å². The smallest absolute Gasteiger partial charge is 0.226 e. The summed E-state index contributed by atoms with van der Waals surface area (Å²) < 4.78 is 0. The number of aromatic nitrogens is 1. The van der Waals surface area contributed by atoms with Gasteiger partial charge in [-0.05, 0) is 47.7 Å². The number of aryl methyl sites for hydroxylation is 1. The van der Waals surface area contributed by atoms with Gasteiger partial charge in [-0.2, -0.15) is 0 Å². The van der Waals surface area contributed by atoms with Crippen molar-refractivity contribution in [2.45, 2.75) is 25.7 Å². The highest BCUT2D eigenvalue weighted by atomic mass is 16.2. The molecule has 0 saturated carbocycles. The molecule has 0 aliphatic carbocycles. The van der Waals surface area contributed by atoms with E-state index in [1.54, 1.807) is 17.3 Å². The molecule has 0 unspecified atom stereocenters. The van der Waals surface area contributed by atoms with E-state index in [9.17, 15) is 9.59 Å². The Bertz CT molecular complexity index is 744. The number of anilines is 1. The third-order valence-corrected chi connectivity index (χ3v) is 4.33. The Labute approximate surface area is 141 Å². The van der Waals surface area contributed by atoms with Gasteiger partial charge < -0.3 is 10.2 Å². The first-order valence-corrected chi connectivity index (χ1v) is 8.16. The first kappa shape index (κ1) is 16.2. The quantitative estimate of drug-likeness (QED) is 0.917. The number of carbonyl (C=O) groups is 2. The van der Waals surface area contributed by atoms with Crippen LogP contribution in [0.3, 0.4) is 0 Å². The molecule has 0 saturated heterocycles. The van der Waals surface area contributed by atoms with Crippen LogP contribution in [-0.2, 0) is 28.9 Å². The average Bonchev–Trinajstić information content (AvgIpc) is 2.60. The molecule has 5 heteroatoms. The van der Waals surface area contributed by atoms with Gasteiger partial charge in [0.25, 0.3) is 0 Å². The Morgan fingerprint density at radius 1 is 1.17 bits per heavy atom. The van der Waals surface area contributed by atoms with Gasteiger partial charge in [-0.15, -0.1) is 0 Å². The van der Waals surface area contributed by atoms with Crippen LogP contribution in [-0.4, -0.2) is 35.3 Å². The zero-order chi connectivity index (χ0) is 16.9. The molecule has 5 nitrogen and oxygen atoms in total. The first-order chi connectivity index (χ1) is 11.6. The molecular weight excluding hydrogens is 302 g/mol. The van der Waals surface area contributed by atoms with Crippen molar-refractivity contribution in [2.24, 2.45) is 0 Å². The van der Waals surface area contributed by atoms with Gasteiger partial charge in [0.2, 0.25) is 11.8 Å². The van der Waals surface area contributed by atoms with E-state index in [2.05, 4.69) is 10.3 Å². The molecule has 0 radical (unpaired) electrons. The van der Waals surface area contributed by atoms with Crippen LogP contribution in [0.25, 0.3) is 0 Å². The molecule has 1 aliphatic rings. The van der Waals surface area contributed by atoms with Crippen molar-refractivity contribution in [3.63, 3.8) is 0 Å². The Hall–Kier alpha value is -2.69. The van der Waals surface area contributed by atoms with E-state index >= 15 is 0 Å². The molecule has 1 aromatic heterocycles. The number of benzene rings is 1. The van der Waals surface area contributed by atoms with Crippen LogP contribution in [0, 0.1) is 0 Å². The first-order valence-electron chi connectivity index (χ1n) is 8.16. The minimum absolute atomic E-state index is 0.0576. The Kier molecular flexibility index (Phi) is 4.89. The summed E-state index contributed by atoms with van der Waals surface area (Å²) in [5.41, 5.74) is 4.15. The molecule has 1 N–H and O–H groups in total. The fourth-order valence-corrected chi connectivity index (χ4v) is 2.83. The molecule has 24 heavy (non-hydrogen) atoms. The maximum Gasteiger partial charge on any atom is 0.226 e. The third kappa shape index (κ3) is 3.98. The molecule has 124 valence electrons. The SMILES string of the molecule is CN(CCc1ccncc1)C(=O)Cc1ccc2c(c1)CCC(=O)N2. The summed E-state index contributed by atoms with van der Waals surface area (Å²) in [5.74, 6) is 0.158. The maximum absolute atomic E-state index is 12.4. The molecular formula is C19H21N3O2. The summed E-state index contributed by atoms with van der Waals surface area (Å²) in [4.78, 5) is 29.6. The monoisotopic (exact) mass is 323 g/mol. The molecule has 3 rings (SSSR count). The second-order valence-corrected chi connectivity index (χ2v) is 6.14. The second kappa shape index (κ2) is 7.25. The third-order valence-electron chi connectivity index (χ3n) is 4.33. The van der Waals surface area contributed by atoms with E-state index in [-0.39, 0.29) is 11.8 Å². The van der Waals surface area contributed by atoms with Crippen LogP contribution < -0.4 is 5.32 Å². The Morgan fingerprint density at radius 3 is 2.75 bits per heavy atom. The number of amides is 2. The molecule has 1 aromatic carbocycles. The van der Waals surface area contributed by atoms with Crippen molar-refractivity contribution in [3.8, 4) is 0 Å². The number of rotatable bonds is 5. The highest BCUT2D eigenvalue weighted by Gasteiger charge is 2.16. The van der Waals surface area contributed by atoms with Crippen LogP contribution in [0.2, 0.25) is 0 Å². The molecule has 0 fully saturated rings. The van der Waals surface area contributed by atoms with Gasteiger partial charge >= 0.3 is 0 Å². The van der Waals surface area contributed by atoms with Crippen LogP contribution in [0.4, 0.5) is 5.69 Å². The number of hydrogen-bond donors (Lipinski definition) is 1. The maximum atomic E-state index is 12.4. The van der Waals surface area contributed by atoms with Gasteiger partial charge in [0.1, 0.15) is 0 Å². The van der Waals surface area contributed by atoms with Crippen LogP contribution in [0.5, 0.6) is 0 Å². The van der Waals surface area contributed by atoms with Crippen molar-refractivity contribution in [1.29, 1.82) is 0 Å². The van der Waals surface area contributed by atoms with Crippen molar-refractivity contribution in [3.05, 3.63) is 59.4 Å². The number of hydrogen-bond acceptors (Lipinski definition) is 3. The number of pyridine rings is 1. The van der Waals surface area contributed by atoms with Crippen LogP contribution in [0.15, 0.2) is 42.7 Å². The average molecular weight is 323 g/mol. The zero-order valence-corrected chi connectivity index (χ0v) is 13.8. The number of carbonyl (C=O) groups excluding carboxylic acids is 2. The largest absolute Gasteiger partial charge is 0.345 e. The number of nitrogens with one attached hydrogen (secondary N) is 1. The minimum atomic E-state index is 0.0576. The molecule has 1 aliphatic heterocycles. The van der Waals surface area contributed by atoms with Gasteiger partial charge in [-0.3, -0.25) is 14.6 Å². The second-order valence-electron chi connectivity index (χ2n) is 6.14. The van der Waals surface area contributed by atoms with Gasteiger partial charge in [0, 0.05) is 38.1 Å². The normalized spacial score (nSPS) is 13.1. The molecule has 0 bridgehead atoms. The van der Waals surface area contributed by atoms with Crippen molar-refractivity contribution >= 4 is 17.5 Å². The standard InChI is InChI=1S/C19H21N3O2/c1-22(11-8-14-6-9-20-10-7-14)19(24)13-15-2-4-17-16(12-15)3-5-18(23)21-17/h2,4,6-7,9-10,12H,3,5,8,11,13H2,1H3,(H,21,23). The summed E-state index contributed by atoms with van der Waals surface area (Å²) in [7, 11) is 1.84. The lowest BCUT2D eigenvalue weighted by Gasteiger charge is -2.19. The van der Waals surface area contributed by atoms with E-state index in [0.29, 0.717) is 19.4 Å². The van der Waals surface area contributed by atoms with E-state index in [4.69, 9.17) is 0 Å². The zero-order valence-electron chi connectivity index (χ0n) is 13.8. The van der Waals surface area contributed by atoms with E-state index in [0.717, 1.165) is 29.7 Å². The predicted octanol–water partition coefficient (Wildman–Crippen LogP) is 2.21. The Balaban J connectivity index is 1.57. The van der Waals surface area contributed by atoms with Crippen LogP contribution in [0.1, 0.15) is 23.1 Å². The highest BCUT2D eigenvalue weighted by molar-refractivity contribution is 5.94. The fourth-order valence-electron chi connectivity index (χ4n) is 2.83. The molecule has 0 atom stereocenters. The van der Waals surface area contributed by atoms with E-state index in [1.807, 2.05) is 37.4 Å². The molecule has 2 amide bonds. The number of likely N-dealkylation sites (N-methyl/N-ethyl adjacent to an activating group) is 1. The van der Waals surface area contributed by atoms with Gasteiger partial charge in [0.15, 0.2) is 0 Å².